The molecule has 1 amide bonds. The Balaban J connectivity index is 1.58. The topological polar surface area (TPSA) is 66.8 Å². The van der Waals surface area contributed by atoms with Crippen LogP contribution in [0.25, 0.3) is 0 Å². The van der Waals surface area contributed by atoms with Crippen LogP contribution in [0.15, 0.2) is 42.5 Å². The van der Waals surface area contributed by atoms with Crippen LogP contribution in [0.1, 0.15) is 39.1 Å². The van der Waals surface area contributed by atoms with Crippen LogP contribution in [-0.4, -0.2) is 42.1 Å². The fraction of sp³-hybridized carbons (Fsp3) is 0.333. The number of carbonyl (C=O) groups is 2. The van der Waals surface area contributed by atoms with Gasteiger partial charge >= 0.3 is 5.97 Å². The van der Waals surface area contributed by atoms with Crippen molar-refractivity contribution in [2.75, 3.05) is 20.2 Å². The normalized spacial score (nSPS) is 14.8. The molecule has 142 valence electrons. The third kappa shape index (κ3) is 4.45. The molecule has 1 heterocycles. The van der Waals surface area contributed by atoms with Crippen LogP contribution in [0, 0.1) is 11.7 Å². The second kappa shape index (κ2) is 8.20. The monoisotopic (exact) mass is 371 g/mol. The zero-order valence-electron chi connectivity index (χ0n) is 15.2. The number of carboxylic acids is 1. The number of ether oxygens (including phenoxy) is 1. The minimum Gasteiger partial charge on any atom is -0.497 e. The van der Waals surface area contributed by atoms with Gasteiger partial charge in [0, 0.05) is 13.1 Å². The lowest BCUT2D eigenvalue weighted by molar-refractivity contribution is 0.0675. The molecule has 0 unspecified atom stereocenters. The lowest BCUT2D eigenvalue weighted by atomic mass is 9.90. The van der Waals surface area contributed by atoms with Crippen LogP contribution in [0.3, 0.4) is 0 Å². The SMILES string of the molecule is COc1ccc(CC2CCN(C(=O)c3ccc(C(=O)O)cc3F)CC2)cc1. The number of halogens is 1. The van der Waals surface area contributed by atoms with Crippen LogP contribution in [0.4, 0.5) is 4.39 Å². The fourth-order valence-corrected chi connectivity index (χ4v) is 3.43. The molecular weight excluding hydrogens is 349 g/mol. The van der Waals surface area contributed by atoms with Crippen molar-refractivity contribution < 1.29 is 23.8 Å². The molecule has 0 bridgehead atoms. The van der Waals surface area contributed by atoms with Crippen molar-refractivity contribution in [2.45, 2.75) is 19.3 Å². The molecule has 2 aromatic carbocycles. The summed E-state index contributed by atoms with van der Waals surface area (Å²) in [5, 5.41) is 8.90. The Morgan fingerprint density at radius 2 is 1.81 bits per heavy atom. The summed E-state index contributed by atoms with van der Waals surface area (Å²) in [6, 6.07) is 11.4. The minimum absolute atomic E-state index is 0.0754. The summed E-state index contributed by atoms with van der Waals surface area (Å²) in [6.07, 6.45) is 2.65. The molecule has 1 fully saturated rings. The summed E-state index contributed by atoms with van der Waals surface area (Å²) in [7, 11) is 1.64. The van der Waals surface area contributed by atoms with Crippen molar-refractivity contribution in [3.63, 3.8) is 0 Å². The number of methoxy groups -OCH3 is 1. The highest BCUT2D eigenvalue weighted by atomic mass is 19.1. The maximum Gasteiger partial charge on any atom is 0.335 e. The first kappa shape index (κ1) is 18.9. The van der Waals surface area contributed by atoms with Gasteiger partial charge in [0.1, 0.15) is 11.6 Å². The van der Waals surface area contributed by atoms with Crippen molar-refractivity contribution in [3.05, 3.63) is 65.0 Å². The molecule has 1 saturated heterocycles. The minimum atomic E-state index is -1.22. The molecule has 0 saturated carbocycles. The Morgan fingerprint density at radius 3 is 2.37 bits per heavy atom. The third-order valence-electron chi connectivity index (χ3n) is 5.03. The molecule has 27 heavy (non-hydrogen) atoms. The highest BCUT2D eigenvalue weighted by Crippen LogP contribution is 2.24. The van der Waals surface area contributed by atoms with E-state index in [0.29, 0.717) is 19.0 Å². The van der Waals surface area contributed by atoms with E-state index in [1.54, 1.807) is 12.0 Å². The van der Waals surface area contributed by atoms with E-state index in [2.05, 4.69) is 12.1 Å². The summed E-state index contributed by atoms with van der Waals surface area (Å²) in [5.74, 6) is -1.09. The lowest BCUT2D eigenvalue weighted by Gasteiger charge is -2.32. The number of likely N-dealkylation sites (tertiary alicyclic amines) is 1. The molecule has 2 aromatic rings. The summed E-state index contributed by atoms with van der Waals surface area (Å²) in [6.45, 7) is 1.14. The van der Waals surface area contributed by atoms with Gasteiger partial charge in [0.2, 0.25) is 0 Å². The maximum atomic E-state index is 14.1. The van der Waals surface area contributed by atoms with Crippen molar-refractivity contribution in [1.29, 1.82) is 0 Å². The molecular formula is C21H22FNO4. The quantitative estimate of drug-likeness (QED) is 0.872. The van der Waals surface area contributed by atoms with Crippen LogP contribution in [0.2, 0.25) is 0 Å². The molecule has 6 heteroatoms. The molecule has 0 aliphatic carbocycles. The largest absolute Gasteiger partial charge is 0.497 e. The van der Waals surface area contributed by atoms with Gasteiger partial charge in [-0.25, -0.2) is 9.18 Å². The van der Waals surface area contributed by atoms with Crippen molar-refractivity contribution in [2.24, 2.45) is 5.92 Å². The standard InChI is InChI=1S/C21H22FNO4/c1-27-17-5-2-14(3-6-17)12-15-8-10-23(11-9-15)20(24)18-7-4-16(21(25)26)13-19(18)22/h2-7,13,15H,8-12H2,1H3,(H,25,26). The van der Waals surface area contributed by atoms with Gasteiger partial charge in [-0.2, -0.15) is 0 Å². The number of carbonyl (C=O) groups excluding carboxylic acids is 1. The van der Waals surface area contributed by atoms with Gasteiger partial charge < -0.3 is 14.7 Å². The number of nitrogens with zero attached hydrogens (tertiary/aromatic N) is 1. The third-order valence-corrected chi connectivity index (χ3v) is 5.03. The van der Waals surface area contributed by atoms with Crippen molar-refractivity contribution in [1.82, 2.24) is 4.90 Å². The second-order valence-electron chi connectivity index (χ2n) is 6.79. The lowest BCUT2D eigenvalue weighted by Crippen LogP contribution is -2.39. The van der Waals surface area contributed by atoms with E-state index in [4.69, 9.17) is 9.84 Å². The molecule has 1 aliphatic heterocycles. The van der Waals surface area contributed by atoms with E-state index in [1.807, 2.05) is 12.1 Å². The van der Waals surface area contributed by atoms with E-state index in [9.17, 15) is 14.0 Å². The van der Waals surface area contributed by atoms with Gasteiger partial charge in [-0.15, -0.1) is 0 Å². The Morgan fingerprint density at radius 1 is 1.15 bits per heavy atom. The average molecular weight is 371 g/mol. The van der Waals surface area contributed by atoms with Gasteiger partial charge in [-0.05, 0) is 61.1 Å². The van der Waals surface area contributed by atoms with Gasteiger partial charge in [0.15, 0.2) is 0 Å². The van der Waals surface area contributed by atoms with Crippen LogP contribution < -0.4 is 4.74 Å². The molecule has 0 aromatic heterocycles. The summed E-state index contributed by atoms with van der Waals surface area (Å²) >= 11 is 0. The van der Waals surface area contributed by atoms with E-state index >= 15 is 0 Å². The van der Waals surface area contributed by atoms with Crippen LogP contribution >= 0.6 is 0 Å². The predicted molar refractivity (Wildman–Crippen MR) is 98.7 cm³/mol. The van der Waals surface area contributed by atoms with Crippen LogP contribution in [-0.2, 0) is 6.42 Å². The van der Waals surface area contributed by atoms with Gasteiger partial charge in [-0.1, -0.05) is 12.1 Å². The maximum absolute atomic E-state index is 14.1. The molecule has 0 radical (unpaired) electrons. The number of hydrogen-bond acceptors (Lipinski definition) is 3. The first-order valence-electron chi connectivity index (χ1n) is 8.93. The van der Waals surface area contributed by atoms with E-state index < -0.39 is 11.8 Å². The number of hydrogen-bond donors (Lipinski definition) is 1. The van der Waals surface area contributed by atoms with Gasteiger partial charge in [0.05, 0.1) is 18.2 Å². The van der Waals surface area contributed by atoms with E-state index in [0.717, 1.165) is 31.1 Å². The highest BCUT2D eigenvalue weighted by molar-refractivity contribution is 5.96. The number of benzene rings is 2. The summed E-state index contributed by atoms with van der Waals surface area (Å²) < 4.78 is 19.3. The number of carboxylic acid groups (broad SMARTS) is 1. The highest BCUT2D eigenvalue weighted by Gasteiger charge is 2.25. The van der Waals surface area contributed by atoms with Crippen LogP contribution in [0.5, 0.6) is 5.75 Å². The van der Waals surface area contributed by atoms with Gasteiger partial charge in [-0.3, -0.25) is 4.79 Å². The summed E-state index contributed by atoms with van der Waals surface area (Å²) in [4.78, 5) is 25.1. The van der Waals surface area contributed by atoms with Gasteiger partial charge in [0.25, 0.3) is 5.91 Å². The molecule has 3 rings (SSSR count). The molecule has 0 spiro atoms. The number of piperidine rings is 1. The molecule has 1 N–H and O–H groups in total. The Kier molecular flexibility index (Phi) is 5.74. The van der Waals surface area contributed by atoms with Crippen molar-refractivity contribution >= 4 is 11.9 Å². The summed E-state index contributed by atoms with van der Waals surface area (Å²) in [5.41, 5.74) is 0.992. The smallest absolute Gasteiger partial charge is 0.335 e. The molecule has 5 nitrogen and oxygen atoms in total. The number of rotatable bonds is 5. The first-order chi connectivity index (χ1) is 13.0. The Labute approximate surface area is 157 Å². The number of amides is 1. The predicted octanol–water partition coefficient (Wildman–Crippen LogP) is 3.63. The molecule has 1 aliphatic rings. The Bertz CT molecular complexity index is 827. The number of aromatic carboxylic acids is 1. The second-order valence-corrected chi connectivity index (χ2v) is 6.79. The average Bonchev–Trinajstić information content (AvgIpc) is 2.68. The zero-order valence-corrected chi connectivity index (χ0v) is 15.2. The van der Waals surface area contributed by atoms with E-state index in [-0.39, 0.29) is 17.0 Å². The zero-order chi connectivity index (χ0) is 19.4. The fourth-order valence-electron chi connectivity index (χ4n) is 3.43. The molecule has 0 atom stereocenters. The first-order valence-corrected chi connectivity index (χ1v) is 8.93. The Hall–Kier alpha value is -2.89. The van der Waals surface area contributed by atoms with E-state index in [1.165, 1.54) is 17.7 Å². The van der Waals surface area contributed by atoms with Crippen molar-refractivity contribution in [3.8, 4) is 5.75 Å².